The van der Waals surface area contributed by atoms with Gasteiger partial charge in [0.25, 0.3) is 5.91 Å². The zero-order valence-corrected chi connectivity index (χ0v) is 16.3. The molecular weight excluding hydrogens is 418 g/mol. The van der Waals surface area contributed by atoms with Crippen molar-refractivity contribution in [3.05, 3.63) is 50.9 Å². The van der Waals surface area contributed by atoms with Gasteiger partial charge >= 0.3 is 0 Å². The van der Waals surface area contributed by atoms with Crippen molar-refractivity contribution in [2.45, 2.75) is 31.0 Å². The number of fused-ring (bicyclic) bond motifs is 3. The average Bonchev–Trinajstić information content (AvgIpc) is 2.67. The van der Waals surface area contributed by atoms with E-state index in [1.54, 1.807) is 6.92 Å². The summed E-state index contributed by atoms with van der Waals surface area (Å²) < 4.78 is 0. The number of phenols is 1. The molecule has 5 atom stereocenters. The Hall–Kier alpha value is -2.88. The molecule has 0 unspecified atom stereocenters. The number of benzene rings is 1. The Labute approximate surface area is 174 Å². The average molecular weight is 436 g/mol. The number of aliphatic hydroxyl groups excluding tert-OH is 3. The van der Waals surface area contributed by atoms with Crippen molar-refractivity contribution >= 4 is 29.1 Å². The van der Waals surface area contributed by atoms with Crippen LogP contribution >= 0.6 is 11.6 Å². The number of aromatic hydroxyl groups is 1. The zero-order chi connectivity index (χ0) is 22.3. The Balaban J connectivity index is 2.01. The van der Waals surface area contributed by atoms with Crippen LogP contribution in [0, 0.1) is 11.8 Å². The van der Waals surface area contributed by atoms with Crippen molar-refractivity contribution in [1.82, 2.24) is 0 Å². The lowest BCUT2D eigenvalue weighted by Gasteiger charge is -2.50. The Morgan fingerprint density at radius 3 is 2.47 bits per heavy atom. The van der Waals surface area contributed by atoms with Crippen molar-refractivity contribution in [1.29, 1.82) is 0 Å². The van der Waals surface area contributed by atoms with E-state index in [2.05, 4.69) is 0 Å². The molecule has 3 aliphatic rings. The van der Waals surface area contributed by atoms with Gasteiger partial charge in [-0.15, -0.1) is 0 Å². The summed E-state index contributed by atoms with van der Waals surface area (Å²) in [6.45, 7) is 1.64. The number of rotatable bonds is 1. The summed E-state index contributed by atoms with van der Waals surface area (Å²) >= 11 is 5.91. The van der Waals surface area contributed by atoms with Crippen molar-refractivity contribution in [2.24, 2.45) is 17.6 Å². The summed E-state index contributed by atoms with van der Waals surface area (Å²) in [4.78, 5) is 37.7. The van der Waals surface area contributed by atoms with Crippen molar-refractivity contribution in [3.63, 3.8) is 0 Å². The second kappa shape index (κ2) is 6.31. The SMILES string of the molecule is C[C@H]1c2ccc(Cl)c(O)c2C(=O)C2=C(O)[C@]3(O)C(=O)C(C(N)=O)=C(O)C[C@@H]3[C@@H](O)[C@@H]21. The molecule has 0 aromatic heterocycles. The Bertz CT molecular complexity index is 1110. The van der Waals surface area contributed by atoms with E-state index in [0.29, 0.717) is 5.56 Å². The smallest absolute Gasteiger partial charge is 0.255 e. The fraction of sp³-hybridized carbons (Fsp3) is 0.350. The van der Waals surface area contributed by atoms with E-state index in [1.165, 1.54) is 12.1 Å². The minimum absolute atomic E-state index is 0.113. The number of hydrogen-bond donors (Lipinski definition) is 6. The van der Waals surface area contributed by atoms with Gasteiger partial charge in [0.05, 0.1) is 16.7 Å². The van der Waals surface area contributed by atoms with Gasteiger partial charge in [-0.1, -0.05) is 24.6 Å². The second-order valence-corrected chi connectivity index (χ2v) is 8.26. The summed E-state index contributed by atoms with van der Waals surface area (Å²) in [5.74, 6) is -9.03. The molecule has 1 aromatic rings. The highest BCUT2D eigenvalue weighted by Gasteiger charge is 2.64. The predicted molar refractivity (Wildman–Crippen MR) is 102 cm³/mol. The molecule has 9 nitrogen and oxygen atoms in total. The Kier molecular flexibility index (Phi) is 4.29. The van der Waals surface area contributed by atoms with Crippen LogP contribution in [0.25, 0.3) is 0 Å². The van der Waals surface area contributed by atoms with Gasteiger partial charge in [0.1, 0.15) is 22.8 Å². The molecular formula is C20H18ClNO8. The molecule has 4 rings (SSSR count). The third-order valence-corrected chi connectivity index (χ3v) is 6.75. The van der Waals surface area contributed by atoms with Gasteiger partial charge in [0, 0.05) is 23.8 Å². The van der Waals surface area contributed by atoms with Gasteiger partial charge in [-0.05, 0) is 17.5 Å². The van der Waals surface area contributed by atoms with Gasteiger partial charge in [-0.2, -0.15) is 0 Å². The van der Waals surface area contributed by atoms with Crippen LogP contribution < -0.4 is 5.73 Å². The number of carbonyl (C=O) groups excluding carboxylic acids is 3. The van der Waals surface area contributed by atoms with E-state index in [-0.39, 0.29) is 10.6 Å². The molecule has 158 valence electrons. The Morgan fingerprint density at radius 2 is 1.87 bits per heavy atom. The van der Waals surface area contributed by atoms with Crippen molar-refractivity contribution in [3.8, 4) is 5.75 Å². The van der Waals surface area contributed by atoms with Crippen LogP contribution in [0.5, 0.6) is 5.75 Å². The van der Waals surface area contributed by atoms with Gasteiger partial charge < -0.3 is 31.3 Å². The molecule has 30 heavy (non-hydrogen) atoms. The Morgan fingerprint density at radius 1 is 1.23 bits per heavy atom. The lowest BCUT2D eigenvalue weighted by molar-refractivity contribution is -0.154. The summed E-state index contributed by atoms with van der Waals surface area (Å²) in [5, 5.41) is 53.4. The summed E-state index contributed by atoms with van der Waals surface area (Å²) in [5.41, 5.74) is 1.07. The molecule has 0 bridgehead atoms. The first-order valence-electron chi connectivity index (χ1n) is 9.11. The highest BCUT2D eigenvalue weighted by atomic mass is 35.5. The summed E-state index contributed by atoms with van der Waals surface area (Å²) in [6.07, 6.45) is -2.07. The predicted octanol–water partition coefficient (Wildman–Crippen LogP) is 0.766. The highest BCUT2D eigenvalue weighted by Crippen LogP contribution is 2.55. The quantitative estimate of drug-likeness (QED) is 0.350. The maximum atomic E-state index is 13.2. The maximum Gasteiger partial charge on any atom is 0.255 e. The van der Waals surface area contributed by atoms with Crippen LogP contribution in [-0.4, -0.2) is 54.7 Å². The van der Waals surface area contributed by atoms with Crippen LogP contribution in [0.3, 0.4) is 0 Å². The fourth-order valence-corrected chi connectivity index (χ4v) is 5.13. The highest BCUT2D eigenvalue weighted by molar-refractivity contribution is 6.33. The first-order valence-corrected chi connectivity index (χ1v) is 9.49. The van der Waals surface area contributed by atoms with Gasteiger partial charge in [0.15, 0.2) is 11.4 Å². The number of primary amides is 1. The van der Waals surface area contributed by atoms with Crippen LogP contribution in [0.1, 0.15) is 35.2 Å². The first-order chi connectivity index (χ1) is 13.9. The van der Waals surface area contributed by atoms with Crippen LogP contribution in [0.2, 0.25) is 5.02 Å². The fourth-order valence-electron chi connectivity index (χ4n) is 4.97. The number of halogens is 1. The monoisotopic (exact) mass is 435 g/mol. The largest absolute Gasteiger partial charge is 0.511 e. The number of amides is 1. The molecule has 0 aliphatic heterocycles. The van der Waals surface area contributed by atoms with Crippen molar-refractivity contribution < 1.29 is 39.9 Å². The third kappa shape index (κ3) is 2.28. The van der Waals surface area contributed by atoms with E-state index in [1.807, 2.05) is 0 Å². The van der Waals surface area contributed by atoms with E-state index in [0.717, 1.165) is 0 Å². The van der Waals surface area contributed by atoms with Crippen LogP contribution in [0.15, 0.2) is 34.8 Å². The molecule has 1 aromatic carbocycles. The summed E-state index contributed by atoms with van der Waals surface area (Å²) in [7, 11) is 0. The van der Waals surface area contributed by atoms with E-state index in [4.69, 9.17) is 17.3 Å². The lowest BCUT2D eigenvalue weighted by Crippen LogP contribution is -2.62. The topological polar surface area (TPSA) is 178 Å². The molecule has 10 heteroatoms. The van der Waals surface area contributed by atoms with E-state index in [9.17, 15) is 39.9 Å². The van der Waals surface area contributed by atoms with E-state index < -0.39 is 81.8 Å². The molecule has 7 N–H and O–H groups in total. The van der Waals surface area contributed by atoms with Gasteiger partial charge in [-0.3, -0.25) is 14.4 Å². The number of ketones is 2. The number of hydrogen-bond acceptors (Lipinski definition) is 8. The number of allylic oxidation sites excluding steroid dienone is 1. The number of carbonyl (C=O) groups is 3. The number of aliphatic hydroxyl groups is 4. The normalized spacial score (nSPS) is 33.2. The van der Waals surface area contributed by atoms with Gasteiger partial charge in [0.2, 0.25) is 5.78 Å². The van der Waals surface area contributed by atoms with Crippen molar-refractivity contribution in [2.75, 3.05) is 0 Å². The standard InChI is InChI=1S/C20H18ClNO8/c1-5-6-2-3-8(21)15(25)11(6)16(26)13-10(5)14(24)7-4-9(23)12(19(22)29)17(27)20(7,30)18(13)28/h2-3,5,7,10,14,23-25,28,30H,4H2,1H3,(H2,22,29)/t5-,7+,10+,14+,20+/m0/s1. The molecule has 0 spiro atoms. The first kappa shape index (κ1) is 20.4. The molecule has 0 radical (unpaired) electrons. The minimum Gasteiger partial charge on any atom is -0.511 e. The van der Waals surface area contributed by atoms with E-state index >= 15 is 0 Å². The maximum absolute atomic E-state index is 13.2. The molecule has 0 saturated carbocycles. The third-order valence-electron chi connectivity index (χ3n) is 6.45. The second-order valence-electron chi connectivity index (χ2n) is 7.85. The minimum atomic E-state index is -2.84. The molecule has 0 fully saturated rings. The van der Waals surface area contributed by atoms with Crippen LogP contribution in [0.4, 0.5) is 0 Å². The molecule has 0 saturated heterocycles. The number of nitrogens with two attached hydrogens (primary N) is 1. The lowest BCUT2D eigenvalue weighted by atomic mass is 9.56. The molecule has 0 heterocycles. The number of Topliss-reactive ketones (excluding diaryl/α,β-unsaturated/α-hetero) is 2. The molecule has 1 amide bonds. The van der Waals surface area contributed by atoms with Crippen LogP contribution in [-0.2, 0) is 9.59 Å². The van der Waals surface area contributed by atoms with Gasteiger partial charge in [-0.25, -0.2) is 0 Å². The summed E-state index contributed by atoms with van der Waals surface area (Å²) in [6, 6.07) is 2.90. The molecule has 3 aliphatic carbocycles. The number of phenolic OH excluding ortho intramolecular Hbond substituents is 1. The zero-order valence-electron chi connectivity index (χ0n) is 15.6.